The van der Waals surface area contributed by atoms with Crippen LogP contribution in [0.2, 0.25) is 0 Å². The summed E-state index contributed by atoms with van der Waals surface area (Å²) in [4.78, 5) is 0. The highest BCUT2D eigenvalue weighted by Crippen LogP contribution is 2.15. The van der Waals surface area contributed by atoms with E-state index in [4.69, 9.17) is 4.42 Å². The Morgan fingerprint density at radius 1 is 1.29 bits per heavy atom. The predicted octanol–water partition coefficient (Wildman–Crippen LogP) is 3.02. The van der Waals surface area contributed by atoms with Crippen LogP contribution in [0, 0.1) is 11.6 Å². The molecule has 0 aliphatic rings. The third-order valence-electron chi connectivity index (χ3n) is 2.95. The van der Waals surface area contributed by atoms with Crippen molar-refractivity contribution in [1.82, 2.24) is 15.5 Å². The third kappa shape index (κ3) is 4.22. The number of aromatic nitrogens is 2. The van der Waals surface area contributed by atoms with Crippen LogP contribution in [0.4, 0.5) is 14.8 Å². The van der Waals surface area contributed by atoms with Gasteiger partial charge in [0, 0.05) is 12.1 Å². The van der Waals surface area contributed by atoms with Crippen LogP contribution in [-0.4, -0.2) is 16.7 Å². The van der Waals surface area contributed by atoms with Crippen molar-refractivity contribution >= 4 is 6.01 Å². The van der Waals surface area contributed by atoms with Gasteiger partial charge < -0.3 is 15.1 Å². The number of nitrogens with one attached hydrogen (secondary N) is 2. The Labute approximate surface area is 121 Å². The molecule has 1 aromatic heterocycles. The molecule has 0 saturated carbocycles. The summed E-state index contributed by atoms with van der Waals surface area (Å²) in [6.07, 6.45) is 1.00. The molecule has 1 aromatic carbocycles. The van der Waals surface area contributed by atoms with E-state index >= 15 is 0 Å². The van der Waals surface area contributed by atoms with E-state index in [1.165, 1.54) is 0 Å². The van der Waals surface area contributed by atoms with Crippen molar-refractivity contribution in [3.8, 4) is 0 Å². The fourth-order valence-electron chi connectivity index (χ4n) is 1.78. The van der Waals surface area contributed by atoms with Gasteiger partial charge in [-0.2, -0.15) is 0 Å². The van der Waals surface area contributed by atoms with Crippen molar-refractivity contribution in [2.75, 3.05) is 11.9 Å². The first kappa shape index (κ1) is 15.4. The van der Waals surface area contributed by atoms with E-state index < -0.39 is 11.6 Å². The molecule has 114 valence electrons. The summed E-state index contributed by atoms with van der Waals surface area (Å²) in [6, 6.07) is 3.41. The number of rotatable bonds is 7. The summed E-state index contributed by atoms with van der Waals surface area (Å²) in [5, 5.41) is 13.7. The average Bonchev–Trinajstić information content (AvgIpc) is 2.94. The van der Waals surface area contributed by atoms with Crippen LogP contribution < -0.4 is 10.6 Å². The van der Waals surface area contributed by atoms with Crippen molar-refractivity contribution in [1.29, 1.82) is 0 Å². The molecule has 0 saturated heterocycles. The number of hydrogen-bond donors (Lipinski definition) is 2. The standard InChI is InChI=1S/C14H18F2N4O/c1-3-6-17-9(2)13-19-20-14(21-13)18-8-10-7-11(15)4-5-12(10)16/h4-5,7,9,17H,3,6,8H2,1-2H3,(H,18,20). The third-order valence-corrected chi connectivity index (χ3v) is 2.95. The minimum absolute atomic E-state index is 0.0566. The first-order chi connectivity index (χ1) is 10.1. The van der Waals surface area contributed by atoms with Crippen molar-refractivity contribution in [2.24, 2.45) is 0 Å². The second-order valence-electron chi connectivity index (χ2n) is 4.71. The minimum Gasteiger partial charge on any atom is -0.406 e. The van der Waals surface area contributed by atoms with Crippen molar-refractivity contribution in [2.45, 2.75) is 32.9 Å². The Kier molecular flexibility index (Phi) is 5.21. The Morgan fingerprint density at radius 3 is 2.86 bits per heavy atom. The normalized spacial score (nSPS) is 12.4. The monoisotopic (exact) mass is 296 g/mol. The number of anilines is 1. The Bertz CT molecular complexity index is 588. The molecule has 0 fully saturated rings. The molecular formula is C14H18F2N4O. The maximum atomic E-state index is 13.5. The smallest absolute Gasteiger partial charge is 0.315 e. The maximum absolute atomic E-state index is 13.5. The fraction of sp³-hybridized carbons (Fsp3) is 0.429. The van der Waals surface area contributed by atoms with Gasteiger partial charge in [-0.1, -0.05) is 12.0 Å². The molecule has 0 amide bonds. The van der Waals surface area contributed by atoms with Gasteiger partial charge in [-0.15, -0.1) is 5.10 Å². The zero-order valence-electron chi connectivity index (χ0n) is 12.0. The highest BCUT2D eigenvalue weighted by atomic mass is 19.1. The molecule has 1 unspecified atom stereocenters. The van der Waals surface area contributed by atoms with E-state index in [0.717, 1.165) is 31.2 Å². The fourth-order valence-corrected chi connectivity index (χ4v) is 1.78. The largest absolute Gasteiger partial charge is 0.406 e. The Hall–Kier alpha value is -2.02. The van der Waals surface area contributed by atoms with Crippen LogP contribution in [-0.2, 0) is 6.54 Å². The first-order valence-electron chi connectivity index (χ1n) is 6.84. The zero-order chi connectivity index (χ0) is 15.2. The zero-order valence-corrected chi connectivity index (χ0v) is 12.0. The van der Waals surface area contributed by atoms with Gasteiger partial charge in [0.15, 0.2) is 0 Å². The molecule has 1 atom stereocenters. The van der Waals surface area contributed by atoms with E-state index in [9.17, 15) is 8.78 Å². The average molecular weight is 296 g/mol. The summed E-state index contributed by atoms with van der Waals surface area (Å²) >= 11 is 0. The van der Waals surface area contributed by atoms with Gasteiger partial charge in [0.2, 0.25) is 5.89 Å². The lowest BCUT2D eigenvalue weighted by Gasteiger charge is -2.07. The first-order valence-corrected chi connectivity index (χ1v) is 6.84. The molecule has 0 spiro atoms. The van der Waals surface area contributed by atoms with Crippen molar-refractivity contribution in [3.63, 3.8) is 0 Å². The molecule has 0 aliphatic heterocycles. The van der Waals surface area contributed by atoms with Gasteiger partial charge in [-0.25, -0.2) is 8.78 Å². The van der Waals surface area contributed by atoms with Crippen LogP contribution in [0.1, 0.15) is 37.8 Å². The number of hydrogen-bond acceptors (Lipinski definition) is 5. The molecule has 21 heavy (non-hydrogen) atoms. The topological polar surface area (TPSA) is 63.0 Å². The lowest BCUT2D eigenvalue weighted by atomic mass is 10.2. The van der Waals surface area contributed by atoms with Crippen molar-refractivity contribution in [3.05, 3.63) is 41.3 Å². The predicted molar refractivity (Wildman–Crippen MR) is 74.7 cm³/mol. The molecule has 5 nitrogen and oxygen atoms in total. The highest BCUT2D eigenvalue weighted by Gasteiger charge is 2.13. The van der Waals surface area contributed by atoms with Gasteiger partial charge in [0.25, 0.3) is 0 Å². The molecular weight excluding hydrogens is 278 g/mol. The SMILES string of the molecule is CCCNC(C)c1nnc(NCc2cc(F)ccc2F)o1. The Morgan fingerprint density at radius 2 is 2.10 bits per heavy atom. The molecule has 2 N–H and O–H groups in total. The summed E-state index contributed by atoms with van der Waals surface area (Å²) < 4.78 is 31.9. The number of nitrogens with zero attached hydrogens (tertiary/aromatic N) is 2. The molecule has 2 aromatic rings. The van der Waals surface area contributed by atoms with Gasteiger partial charge in [0.1, 0.15) is 11.6 Å². The van der Waals surface area contributed by atoms with Crippen LogP contribution in [0.25, 0.3) is 0 Å². The van der Waals surface area contributed by atoms with E-state index in [2.05, 4.69) is 27.8 Å². The summed E-state index contributed by atoms with van der Waals surface area (Å²) in [7, 11) is 0. The number of benzene rings is 1. The second-order valence-corrected chi connectivity index (χ2v) is 4.71. The van der Waals surface area contributed by atoms with E-state index in [1.54, 1.807) is 0 Å². The molecule has 0 bridgehead atoms. The van der Waals surface area contributed by atoms with Crippen LogP contribution >= 0.6 is 0 Å². The summed E-state index contributed by atoms with van der Waals surface area (Å²) in [5.74, 6) is -0.524. The van der Waals surface area contributed by atoms with Crippen LogP contribution in [0.3, 0.4) is 0 Å². The van der Waals surface area contributed by atoms with Gasteiger partial charge >= 0.3 is 6.01 Å². The molecule has 1 heterocycles. The molecule has 0 radical (unpaired) electrons. The van der Waals surface area contributed by atoms with E-state index in [0.29, 0.717) is 5.89 Å². The highest BCUT2D eigenvalue weighted by molar-refractivity contribution is 5.25. The van der Waals surface area contributed by atoms with E-state index in [-0.39, 0.29) is 24.2 Å². The van der Waals surface area contributed by atoms with Gasteiger partial charge in [-0.05, 0) is 38.1 Å². The van der Waals surface area contributed by atoms with Gasteiger partial charge in [0.05, 0.1) is 6.04 Å². The lowest BCUT2D eigenvalue weighted by Crippen LogP contribution is -2.19. The molecule has 0 aliphatic carbocycles. The van der Waals surface area contributed by atoms with E-state index in [1.807, 2.05) is 6.92 Å². The molecule has 7 heteroatoms. The lowest BCUT2D eigenvalue weighted by molar-refractivity contribution is 0.423. The number of halogens is 2. The quantitative estimate of drug-likeness (QED) is 0.822. The summed E-state index contributed by atoms with van der Waals surface area (Å²) in [5.41, 5.74) is 0.201. The minimum atomic E-state index is -0.489. The van der Waals surface area contributed by atoms with Crippen molar-refractivity contribution < 1.29 is 13.2 Å². The van der Waals surface area contributed by atoms with Crippen LogP contribution in [0.5, 0.6) is 0 Å². The Balaban J connectivity index is 1.95. The maximum Gasteiger partial charge on any atom is 0.315 e. The second kappa shape index (κ2) is 7.12. The van der Waals surface area contributed by atoms with Gasteiger partial charge in [-0.3, -0.25) is 0 Å². The summed E-state index contributed by atoms with van der Waals surface area (Å²) in [6.45, 7) is 4.90. The molecule has 2 rings (SSSR count). The van der Waals surface area contributed by atoms with Crippen LogP contribution in [0.15, 0.2) is 22.6 Å².